The molecule has 0 heterocycles. The van der Waals surface area contributed by atoms with Gasteiger partial charge in [-0.1, -0.05) is 43.5 Å². The Morgan fingerprint density at radius 3 is 2.32 bits per heavy atom. The van der Waals surface area contributed by atoms with Crippen molar-refractivity contribution in [1.29, 1.82) is 0 Å². The molecule has 0 radical (unpaired) electrons. The number of benzene rings is 2. The molecular weight excluding hydrogens is 419 g/mol. The third kappa shape index (κ3) is 6.20. The first-order valence-electron chi connectivity index (χ1n) is 10.6. The molecule has 0 bridgehead atoms. The zero-order chi connectivity index (χ0) is 22.2. The lowest BCUT2D eigenvalue weighted by Crippen LogP contribution is -2.47. The van der Waals surface area contributed by atoms with Crippen LogP contribution in [-0.4, -0.2) is 35.7 Å². The molecule has 1 aliphatic rings. The molecule has 0 spiro atoms. The Morgan fingerprint density at radius 2 is 1.74 bits per heavy atom. The van der Waals surface area contributed by atoms with Gasteiger partial charge in [-0.05, 0) is 48.2 Å². The molecule has 3 rings (SSSR count). The Labute approximate surface area is 187 Å². The molecule has 1 atom stereocenters. The van der Waals surface area contributed by atoms with Crippen molar-refractivity contribution in [3.05, 3.63) is 65.5 Å². The van der Waals surface area contributed by atoms with E-state index in [9.17, 15) is 14.0 Å². The predicted octanol–water partition coefficient (Wildman–Crippen LogP) is 4.59. The maximum absolute atomic E-state index is 13.4. The third-order valence-electron chi connectivity index (χ3n) is 5.64. The number of carbonyl (C=O) groups excluding carboxylic acids is 2. The lowest BCUT2D eigenvalue weighted by atomic mass is 9.94. The Hall–Kier alpha value is -2.60. The van der Waals surface area contributed by atoms with Gasteiger partial charge in [-0.3, -0.25) is 9.59 Å². The van der Waals surface area contributed by atoms with E-state index in [1.165, 1.54) is 23.5 Å². The summed E-state index contributed by atoms with van der Waals surface area (Å²) in [5.41, 5.74) is 1.37. The van der Waals surface area contributed by atoms with Gasteiger partial charge in [0, 0.05) is 12.6 Å². The van der Waals surface area contributed by atoms with Crippen LogP contribution < -0.4 is 10.1 Å². The average Bonchev–Trinajstić information content (AvgIpc) is 2.80. The van der Waals surface area contributed by atoms with Crippen molar-refractivity contribution in [1.82, 2.24) is 10.2 Å². The average molecular weight is 447 g/mol. The quantitative estimate of drug-likeness (QED) is 0.603. The summed E-state index contributed by atoms with van der Waals surface area (Å²) in [6.07, 6.45) is 5.21. The number of alkyl halides is 1. The fraction of sp³-hybridized carbons (Fsp3) is 0.417. The highest BCUT2D eigenvalue weighted by atomic mass is 35.5. The van der Waals surface area contributed by atoms with E-state index in [0.717, 1.165) is 25.7 Å². The molecule has 5 nitrogen and oxygen atoms in total. The monoisotopic (exact) mass is 446 g/mol. The van der Waals surface area contributed by atoms with Gasteiger partial charge in [0.15, 0.2) is 0 Å². The van der Waals surface area contributed by atoms with Crippen molar-refractivity contribution < 1.29 is 18.7 Å². The minimum atomic E-state index is -0.857. The van der Waals surface area contributed by atoms with Gasteiger partial charge in [0.2, 0.25) is 11.8 Å². The zero-order valence-electron chi connectivity index (χ0n) is 17.7. The minimum absolute atomic E-state index is 0.0979. The minimum Gasteiger partial charge on any atom is -0.497 e. The van der Waals surface area contributed by atoms with Crippen LogP contribution in [0.3, 0.4) is 0 Å². The van der Waals surface area contributed by atoms with Gasteiger partial charge in [-0.15, -0.1) is 11.6 Å². The van der Waals surface area contributed by atoms with E-state index in [2.05, 4.69) is 5.32 Å². The molecule has 1 aliphatic carbocycles. The normalized spacial score (nSPS) is 15.2. The smallest absolute Gasteiger partial charge is 0.247 e. The Morgan fingerprint density at radius 1 is 1.10 bits per heavy atom. The van der Waals surface area contributed by atoms with Gasteiger partial charge < -0.3 is 15.0 Å². The summed E-state index contributed by atoms with van der Waals surface area (Å²) in [4.78, 5) is 27.7. The number of nitrogens with zero attached hydrogens (tertiary/aromatic N) is 1. The van der Waals surface area contributed by atoms with E-state index in [0.29, 0.717) is 16.9 Å². The molecule has 7 heteroatoms. The standard InChI is InChI=1S/C24H28ClFN2O3/c1-31-21-13-9-18(10-14-21)23(24(30)27-20-5-3-2-4-6-20)28(22(29)15-25)16-17-7-11-19(26)12-8-17/h7-14,20,23H,2-6,15-16H2,1H3,(H,27,30)/t23-/m0/s1. The highest BCUT2D eigenvalue weighted by Gasteiger charge is 2.32. The van der Waals surface area contributed by atoms with Crippen LogP contribution in [0.1, 0.15) is 49.3 Å². The number of amides is 2. The van der Waals surface area contributed by atoms with Gasteiger partial charge >= 0.3 is 0 Å². The van der Waals surface area contributed by atoms with Gasteiger partial charge in [0.05, 0.1) is 7.11 Å². The first-order chi connectivity index (χ1) is 15.0. The van der Waals surface area contributed by atoms with E-state index in [4.69, 9.17) is 16.3 Å². The molecular formula is C24H28ClFN2O3. The predicted molar refractivity (Wildman–Crippen MR) is 118 cm³/mol. The fourth-order valence-corrected chi connectivity index (χ4v) is 4.13. The first-order valence-corrected chi connectivity index (χ1v) is 11.1. The highest BCUT2D eigenvalue weighted by molar-refractivity contribution is 6.27. The lowest BCUT2D eigenvalue weighted by molar-refractivity contribution is -0.140. The molecule has 31 heavy (non-hydrogen) atoms. The molecule has 1 fully saturated rings. The molecule has 0 saturated heterocycles. The third-order valence-corrected chi connectivity index (χ3v) is 5.87. The first kappa shape index (κ1) is 23.1. The van der Waals surface area contributed by atoms with Crippen LogP contribution in [0, 0.1) is 5.82 Å². The summed E-state index contributed by atoms with van der Waals surface area (Å²) in [5.74, 6) is -0.571. The second kappa shape index (κ2) is 11.1. The van der Waals surface area contributed by atoms with Crippen molar-refractivity contribution in [2.75, 3.05) is 13.0 Å². The SMILES string of the molecule is COc1ccc([C@@H](C(=O)NC2CCCCC2)N(Cc2ccc(F)cc2)C(=O)CCl)cc1. The van der Waals surface area contributed by atoms with Gasteiger partial charge in [0.1, 0.15) is 23.5 Å². The molecule has 1 saturated carbocycles. The number of ether oxygens (including phenoxy) is 1. The number of hydrogen-bond acceptors (Lipinski definition) is 3. The number of rotatable bonds is 8. The van der Waals surface area contributed by atoms with Crippen LogP contribution in [0.4, 0.5) is 4.39 Å². The molecule has 2 aromatic carbocycles. The van der Waals surface area contributed by atoms with E-state index in [1.807, 2.05) is 0 Å². The van der Waals surface area contributed by atoms with Crippen LogP contribution in [0.5, 0.6) is 5.75 Å². The summed E-state index contributed by atoms with van der Waals surface area (Å²) in [6.45, 7) is 0.139. The zero-order valence-corrected chi connectivity index (χ0v) is 18.4. The maximum atomic E-state index is 13.4. The van der Waals surface area contributed by atoms with Crippen molar-refractivity contribution in [3.63, 3.8) is 0 Å². The summed E-state index contributed by atoms with van der Waals surface area (Å²) < 4.78 is 18.6. The molecule has 2 amide bonds. The van der Waals surface area contributed by atoms with Gasteiger partial charge in [0.25, 0.3) is 0 Å². The lowest BCUT2D eigenvalue weighted by Gasteiger charge is -2.33. The topological polar surface area (TPSA) is 58.6 Å². The molecule has 2 aromatic rings. The molecule has 0 aromatic heterocycles. The van der Waals surface area contributed by atoms with Crippen LogP contribution in [0.2, 0.25) is 0 Å². The molecule has 0 unspecified atom stereocenters. The van der Waals surface area contributed by atoms with Gasteiger partial charge in [-0.2, -0.15) is 0 Å². The van der Waals surface area contributed by atoms with E-state index >= 15 is 0 Å². The van der Waals surface area contributed by atoms with E-state index in [1.54, 1.807) is 43.5 Å². The number of hydrogen-bond donors (Lipinski definition) is 1. The second-order valence-corrected chi connectivity index (χ2v) is 8.07. The second-order valence-electron chi connectivity index (χ2n) is 7.80. The number of halogens is 2. The number of methoxy groups -OCH3 is 1. The van der Waals surface area contributed by atoms with Crippen LogP contribution >= 0.6 is 11.6 Å². The summed E-state index contributed by atoms with van der Waals surface area (Å²) in [5, 5.41) is 3.13. The van der Waals surface area contributed by atoms with Crippen LogP contribution in [0.15, 0.2) is 48.5 Å². The maximum Gasteiger partial charge on any atom is 0.247 e. The molecule has 1 N–H and O–H groups in total. The number of carbonyl (C=O) groups is 2. The molecule has 0 aliphatic heterocycles. The number of nitrogens with one attached hydrogen (secondary N) is 1. The summed E-state index contributed by atoms with van der Waals surface area (Å²) >= 11 is 5.91. The highest BCUT2D eigenvalue weighted by Crippen LogP contribution is 2.27. The fourth-order valence-electron chi connectivity index (χ4n) is 3.97. The van der Waals surface area contributed by atoms with Crippen molar-refractivity contribution in [2.45, 2.75) is 50.7 Å². The van der Waals surface area contributed by atoms with Crippen LogP contribution in [-0.2, 0) is 16.1 Å². The molecule has 166 valence electrons. The Bertz CT molecular complexity index is 867. The van der Waals surface area contributed by atoms with Crippen molar-refractivity contribution >= 4 is 23.4 Å². The van der Waals surface area contributed by atoms with Crippen LogP contribution in [0.25, 0.3) is 0 Å². The Kier molecular flexibility index (Phi) is 8.29. The summed E-state index contributed by atoms with van der Waals surface area (Å²) in [7, 11) is 1.57. The van der Waals surface area contributed by atoms with Crippen molar-refractivity contribution in [2.24, 2.45) is 0 Å². The largest absolute Gasteiger partial charge is 0.497 e. The van der Waals surface area contributed by atoms with E-state index < -0.39 is 6.04 Å². The van der Waals surface area contributed by atoms with Gasteiger partial charge in [-0.25, -0.2) is 4.39 Å². The van der Waals surface area contributed by atoms with Crippen molar-refractivity contribution in [3.8, 4) is 5.75 Å². The Balaban J connectivity index is 1.93. The van der Waals surface area contributed by atoms with E-state index in [-0.39, 0.29) is 36.1 Å². The summed E-state index contributed by atoms with van der Waals surface area (Å²) in [6, 6.07) is 12.2.